The number of carboxylic acids is 1. The van der Waals surface area contributed by atoms with Crippen LogP contribution >= 0.6 is 0 Å². The second kappa shape index (κ2) is 6.97. The van der Waals surface area contributed by atoms with E-state index in [4.69, 9.17) is 5.11 Å². The van der Waals surface area contributed by atoms with Gasteiger partial charge in [-0.3, -0.25) is 9.59 Å². The molecular formula is C18H21N3O3. The van der Waals surface area contributed by atoms with Crippen LogP contribution in [0.5, 0.6) is 0 Å². The van der Waals surface area contributed by atoms with E-state index in [-0.39, 0.29) is 18.2 Å². The summed E-state index contributed by atoms with van der Waals surface area (Å²) in [5.74, 6) is -0.313. The van der Waals surface area contributed by atoms with Gasteiger partial charge in [0.15, 0.2) is 0 Å². The molecule has 1 aliphatic heterocycles. The maximum Gasteiger partial charge on any atom is 0.307 e. The minimum atomic E-state index is -0.862. The number of likely N-dealkylation sites (tertiary alicyclic amines) is 1. The summed E-state index contributed by atoms with van der Waals surface area (Å²) in [6.45, 7) is 1.86. The van der Waals surface area contributed by atoms with Crippen LogP contribution in [-0.2, 0) is 16.0 Å². The van der Waals surface area contributed by atoms with E-state index >= 15 is 0 Å². The molecule has 0 spiro atoms. The quantitative estimate of drug-likeness (QED) is 0.899. The zero-order valence-electron chi connectivity index (χ0n) is 13.7. The molecule has 3 rings (SSSR count). The molecular weight excluding hydrogens is 306 g/mol. The van der Waals surface area contributed by atoms with Crippen LogP contribution in [0.1, 0.15) is 18.4 Å². The van der Waals surface area contributed by atoms with Crippen molar-refractivity contribution in [2.24, 2.45) is 5.92 Å². The number of hydrogen-bond acceptors (Lipinski definition) is 4. The molecule has 2 aromatic rings. The standard InChI is InChI=1S/C18H21N3O3/c1-21-6-4-13(5-7-21)18(24)20-16-10-15-8-12(9-17(22)23)2-3-14(15)11-19-16/h2-3,8,10-11,13H,4-7,9H2,1H3,(H,22,23)(H,19,20,24). The minimum Gasteiger partial charge on any atom is -0.481 e. The van der Waals surface area contributed by atoms with Crippen LogP contribution < -0.4 is 5.32 Å². The van der Waals surface area contributed by atoms with Gasteiger partial charge in [0.05, 0.1) is 6.42 Å². The van der Waals surface area contributed by atoms with E-state index in [2.05, 4.69) is 22.2 Å². The van der Waals surface area contributed by atoms with Crippen molar-refractivity contribution in [2.45, 2.75) is 19.3 Å². The van der Waals surface area contributed by atoms with E-state index in [1.54, 1.807) is 18.3 Å². The number of aliphatic carboxylic acids is 1. The van der Waals surface area contributed by atoms with Gasteiger partial charge in [-0.1, -0.05) is 18.2 Å². The second-order valence-corrected chi connectivity index (χ2v) is 6.39. The Morgan fingerprint density at radius 2 is 2.00 bits per heavy atom. The lowest BCUT2D eigenvalue weighted by atomic mass is 9.96. The molecule has 2 heterocycles. The summed E-state index contributed by atoms with van der Waals surface area (Å²) < 4.78 is 0. The predicted octanol–water partition coefficient (Wildman–Crippen LogP) is 2.14. The van der Waals surface area contributed by atoms with Crippen molar-refractivity contribution in [3.63, 3.8) is 0 Å². The topological polar surface area (TPSA) is 82.5 Å². The lowest BCUT2D eigenvalue weighted by Gasteiger charge is -2.27. The first-order valence-corrected chi connectivity index (χ1v) is 8.11. The first-order valence-electron chi connectivity index (χ1n) is 8.11. The molecule has 1 aliphatic rings. The zero-order chi connectivity index (χ0) is 17.1. The third-order valence-corrected chi connectivity index (χ3v) is 4.48. The number of piperidine rings is 1. The van der Waals surface area contributed by atoms with E-state index in [0.29, 0.717) is 5.82 Å². The molecule has 0 saturated carbocycles. The molecule has 126 valence electrons. The van der Waals surface area contributed by atoms with Crippen molar-refractivity contribution < 1.29 is 14.7 Å². The zero-order valence-corrected chi connectivity index (χ0v) is 13.7. The first-order chi connectivity index (χ1) is 11.5. The predicted molar refractivity (Wildman–Crippen MR) is 91.9 cm³/mol. The maximum absolute atomic E-state index is 12.4. The summed E-state index contributed by atoms with van der Waals surface area (Å²) in [6, 6.07) is 7.27. The summed E-state index contributed by atoms with van der Waals surface area (Å²) in [5, 5.41) is 13.6. The van der Waals surface area contributed by atoms with Gasteiger partial charge in [0.2, 0.25) is 5.91 Å². The number of rotatable bonds is 4. The van der Waals surface area contributed by atoms with Gasteiger partial charge >= 0.3 is 5.97 Å². The molecule has 6 nitrogen and oxygen atoms in total. The fourth-order valence-corrected chi connectivity index (χ4v) is 3.04. The van der Waals surface area contributed by atoms with Crippen LogP contribution in [0.4, 0.5) is 5.82 Å². The maximum atomic E-state index is 12.4. The highest BCUT2D eigenvalue weighted by Gasteiger charge is 2.23. The van der Waals surface area contributed by atoms with Gasteiger partial charge < -0.3 is 15.3 Å². The van der Waals surface area contributed by atoms with Gasteiger partial charge in [-0.15, -0.1) is 0 Å². The molecule has 0 unspecified atom stereocenters. The van der Waals surface area contributed by atoms with Gasteiger partial charge in [-0.2, -0.15) is 0 Å². The van der Waals surface area contributed by atoms with Gasteiger partial charge in [-0.05, 0) is 50.0 Å². The van der Waals surface area contributed by atoms with E-state index in [1.807, 2.05) is 12.1 Å². The molecule has 0 radical (unpaired) electrons. The fraction of sp³-hybridized carbons (Fsp3) is 0.389. The molecule has 1 fully saturated rings. The van der Waals surface area contributed by atoms with Crippen LogP contribution in [0, 0.1) is 5.92 Å². The number of carboxylic acid groups (broad SMARTS) is 1. The monoisotopic (exact) mass is 327 g/mol. The Bertz CT molecular complexity index is 767. The molecule has 6 heteroatoms. The lowest BCUT2D eigenvalue weighted by molar-refractivity contribution is -0.136. The summed E-state index contributed by atoms with van der Waals surface area (Å²) in [7, 11) is 2.06. The number of hydrogen-bond donors (Lipinski definition) is 2. The molecule has 0 aliphatic carbocycles. The summed E-state index contributed by atoms with van der Waals surface area (Å²) in [6.07, 6.45) is 3.40. The van der Waals surface area contributed by atoms with Crippen LogP contribution in [0.15, 0.2) is 30.5 Å². The number of fused-ring (bicyclic) bond motifs is 1. The third kappa shape index (κ3) is 3.89. The number of carbonyl (C=O) groups excluding carboxylic acids is 1. The number of nitrogens with zero attached hydrogens (tertiary/aromatic N) is 2. The number of carbonyl (C=O) groups is 2. The molecule has 24 heavy (non-hydrogen) atoms. The minimum absolute atomic E-state index is 0.0108. The molecule has 1 amide bonds. The van der Waals surface area contributed by atoms with Crippen molar-refractivity contribution in [1.82, 2.24) is 9.88 Å². The largest absolute Gasteiger partial charge is 0.481 e. The number of pyridine rings is 1. The van der Waals surface area contributed by atoms with E-state index in [0.717, 1.165) is 42.3 Å². The summed E-state index contributed by atoms with van der Waals surface area (Å²) in [4.78, 5) is 29.7. The Hall–Kier alpha value is -2.47. The summed E-state index contributed by atoms with van der Waals surface area (Å²) >= 11 is 0. The molecule has 0 atom stereocenters. The lowest BCUT2D eigenvalue weighted by Crippen LogP contribution is -2.36. The number of aromatic nitrogens is 1. The molecule has 1 saturated heterocycles. The highest BCUT2D eigenvalue weighted by molar-refractivity contribution is 5.94. The van der Waals surface area contributed by atoms with E-state index in [1.165, 1.54) is 0 Å². The SMILES string of the molecule is CN1CCC(C(=O)Nc2cc3cc(CC(=O)O)ccc3cn2)CC1. The molecule has 1 aromatic carbocycles. The van der Waals surface area contributed by atoms with Crippen molar-refractivity contribution in [2.75, 3.05) is 25.5 Å². The summed E-state index contributed by atoms with van der Waals surface area (Å²) in [5.41, 5.74) is 0.730. The Labute approximate surface area is 140 Å². The Morgan fingerprint density at radius 3 is 2.71 bits per heavy atom. The van der Waals surface area contributed by atoms with Gasteiger partial charge in [0.1, 0.15) is 5.82 Å². The van der Waals surface area contributed by atoms with Crippen molar-refractivity contribution >= 4 is 28.5 Å². The van der Waals surface area contributed by atoms with Crippen LogP contribution in [0.3, 0.4) is 0 Å². The smallest absolute Gasteiger partial charge is 0.307 e. The highest BCUT2D eigenvalue weighted by Crippen LogP contribution is 2.21. The highest BCUT2D eigenvalue weighted by atomic mass is 16.4. The fourth-order valence-electron chi connectivity index (χ4n) is 3.04. The van der Waals surface area contributed by atoms with Gasteiger partial charge in [0, 0.05) is 17.5 Å². The first kappa shape index (κ1) is 16.4. The van der Waals surface area contributed by atoms with Crippen molar-refractivity contribution in [3.05, 3.63) is 36.0 Å². The number of nitrogens with one attached hydrogen (secondary N) is 1. The number of anilines is 1. The van der Waals surface area contributed by atoms with Crippen LogP contribution in [0.25, 0.3) is 10.8 Å². The van der Waals surface area contributed by atoms with Gasteiger partial charge in [-0.25, -0.2) is 4.98 Å². The van der Waals surface area contributed by atoms with Crippen LogP contribution in [0.2, 0.25) is 0 Å². The second-order valence-electron chi connectivity index (χ2n) is 6.39. The number of amides is 1. The van der Waals surface area contributed by atoms with Gasteiger partial charge in [0.25, 0.3) is 0 Å². The average Bonchev–Trinajstić information content (AvgIpc) is 2.54. The molecule has 2 N–H and O–H groups in total. The Kier molecular flexibility index (Phi) is 4.76. The Morgan fingerprint density at radius 1 is 1.25 bits per heavy atom. The van der Waals surface area contributed by atoms with E-state index in [9.17, 15) is 9.59 Å². The van der Waals surface area contributed by atoms with Crippen LogP contribution in [-0.4, -0.2) is 47.0 Å². The normalized spacial score (nSPS) is 16.2. The van der Waals surface area contributed by atoms with E-state index < -0.39 is 5.97 Å². The van der Waals surface area contributed by atoms with Crippen molar-refractivity contribution in [1.29, 1.82) is 0 Å². The Balaban J connectivity index is 1.74. The number of benzene rings is 1. The average molecular weight is 327 g/mol. The molecule has 1 aromatic heterocycles. The van der Waals surface area contributed by atoms with Crippen molar-refractivity contribution in [3.8, 4) is 0 Å². The third-order valence-electron chi connectivity index (χ3n) is 4.48. The molecule has 0 bridgehead atoms.